The molecule has 1 atom stereocenters. The van der Waals surface area contributed by atoms with Crippen LogP contribution in [0.25, 0.3) is 0 Å². The molecule has 1 unspecified atom stereocenters. The van der Waals surface area contributed by atoms with Crippen LogP contribution >= 0.6 is 0 Å². The van der Waals surface area contributed by atoms with Gasteiger partial charge in [0.25, 0.3) is 0 Å². The predicted molar refractivity (Wildman–Crippen MR) is 64.4 cm³/mol. The van der Waals surface area contributed by atoms with Gasteiger partial charge in [-0.25, -0.2) is 0 Å². The van der Waals surface area contributed by atoms with Crippen LogP contribution in [0.2, 0.25) is 0 Å². The van der Waals surface area contributed by atoms with Gasteiger partial charge in [0.05, 0.1) is 6.61 Å². The van der Waals surface area contributed by atoms with Gasteiger partial charge in [0, 0.05) is 6.61 Å². The molecule has 0 N–H and O–H groups in total. The fraction of sp³-hybridized carbons (Fsp3) is 0.571. The van der Waals surface area contributed by atoms with Crippen molar-refractivity contribution < 1.29 is 9.47 Å². The van der Waals surface area contributed by atoms with E-state index in [-0.39, 0.29) is 6.29 Å². The molecule has 2 heteroatoms. The second-order valence-electron chi connectivity index (χ2n) is 4.41. The number of hydrogen-bond donors (Lipinski definition) is 0. The molecule has 0 saturated carbocycles. The Labute approximate surface area is 97.6 Å². The lowest BCUT2D eigenvalue weighted by Crippen LogP contribution is -2.23. The summed E-state index contributed by atoms with van der Waals surface area (Å²) in [4.78, 5) is 0. The van der Waals surface area contributed by atoms with E-state index in [4.69, 9.17) is 9.47 Å². The molecule has 0 spiro atoms. The largest absolute Gasteiger partial charge is 0.353 e. The fourth-order valence-electron chi connectivity index (χ4n) is 2.02. The van der Waals surface area contributed by atoms with Gasteiger partial charge in [-0.05, 0) is 38.2 Å². The lowest BCUT2D eigenvalue weighted by atomic mass is 10.1. The first-order chi connectivity index (χ1) is 7.84. The van der Waals surface area contributed by atoms with Gasteiger partial charge >= 0.3 is 0 Å². The van der Waals surface area contributed by atoms with Gasteiger partial charge in [-0.1, -0.05) is 29.8 Å². The average Bonchev–Trinajstić information content (AvgIpc) is 2.30. The lowest BCUT2D eigenvalue weighted by Gasteiger charge is -2.22. The Hall–Kier alpha value is -0.860. The summed E-state index contributed by atoms with van der Waals surface area (Å²) in [5.74, 6) is 0. The molecule has 1 aliphatic heterocycles. The lowest BCUT2D eigenvalue weighted by molar-refractivity contribution is -0.161. The summed E-state index contributed by atoms with van der Waals surface area (Å²) in [6.07, 6.45) is 4.47. The summed E-state index contributed by atoms with van der Waals surface area (Å²) in [6, 6.07) is 8.58. The predicted octanol–water partition coefficient (Wildman–Crippen LogP) is 3.08. The van der Waals surface area contributed by atoms with Gasteiger partial charge in [0.1, 0.15) is 0 Å². The van der Waals surface area contributed by atoms with Crippen LogP contribution in [0, 0.1) is 6.92 Å². The molecule has 2 rings (SSSR count). The maximum absolute atomic E-state index is 5.70. The third-order valence-corrected chi connectivity index (χ3v) is 2.91. The smallest absolute Gasteiger partial charge is 0.157 e. The summed E-state index contributed by atoms with van der Waals surface area (Å²) >= 11 is 0. The van der Waals surface area contributed by atoms with E-state index in [0.29, 0.717) is 0 Å². The molecule has 1 saturated heterocycles. The SMILES string of the molecule is Cc1cccc(CCOC2CCCCO2)c1. The highest BCUT2D eigenvalue weighted by Gasteiger charge is 2.13. The van der Waals surface area contributed by atoms with Crippen LogP contribution in [-0.2, 0) is 15.9 Å². The van der Waals surface area contributed by atoms with Gasteiger partial charge in [0.15, 0.2) is 6.29 Å². The molecule has 0 amide bonds. The highest BCUT2D eigenvalue weighted by molar-refractivity contribution is 5.22. The van der Waals surface area contributed by atoms with Gasteiger partial charge in [0.2, 0.25) is 0 Å². The maximum Gasteiger partial charge on any atom is 0.157 e. The van der Waals surface area contributed by atoms with Gasteiger partial charge in [-0.15, -0.1) is 0 Å². The Morgan fingerprint density at radius 2 is 2.31 bits per heavy atom. The molecule has 16 heavy (non-hydrogen) atoms. The third-order valence-electron chi connectivity index (χ3n) is 2.91. The van der Waals surface area contributed by atoms with Crippen molar-refractivity contribution in [3.63, 3.8) is 0 Å². The van der Waals surface area contributed by atoms with Crippen LogP contribution in [0.4, 0.5) is 0 Å². The fourth-order valence-corrected chi connectivity index (χ4v) is 2.02. The van der Waals surface area contributed by atoms with E-state index in [1.165, 1.54) is 24.0 Å². The first-order valence-electron chi connectivity index (χ1n) is 6.13. The van der Waals surface area contributed by atoms with Crippen LogP contribution in [0.1, 0.15) is 30.4 Å². The minimum absolute atomic E-state index is 0.0403. The molecule has 1 fully saturated rings. The number of rotatable bonds is 4. The Kier molecular flexibility index (Phi) is 4.37. The maximum atomic E-state index is 5.70. The molecular weight excluding hydrogens is 200 g/mol. The van der Waals surface area contributed by atoms with Crippen LogP contribution in [0.5, 0.6) is 0 Å². The van der Waals surface area contributed by atoms with Crippen molar-refractivity contribution in [2.45, 2.75) is 38.9 Å². The van der Waals surface area contributed by atoms with Crippen LogP contribution in [0.3, 0.4) is 0 Å². The first-order valence-corrected chi connectivity index (χ1v) is 6.13. The van der Waals surface area contributed by atoms with Gasteiger partial charge in [-0.2, -0.15) is 0 Å². The van der Waals surface area contributed by atoms with Crippen molar-refractivity contribution in [1.29, 1.82) is 0 Å². The molecule has 0 bridgehead atoms. The van der Waals surface area contributed by atoms with Gasteiger partial charge < -0.3 is 9.47 Å². The number of ether oxygens (including phenoxy) is 2. The van der Waals surface area contributed by atoms with Crippen LogP contribution in [-0.4, -0.2) is 19.5 Å². The van der Waals surface area contributed by atoms with Gasteiger partial charge in [-0.3, -0.25) is 0 Å². The van der Waals surface area contributed by atoms with E-state index in [1.807, 2.05) is 0 Å². The zero-order chi connectivity index (χ0) is 11.2. The van der Waals surface area contributed by atoms with E-state index >= 15 is 0 Å². The van der Waals surface area contributed by atoms with Crippen molar-refractivity contribution in [2.75, 3.05) is 13.2 Å². The van der Waals surface area contributed by atoms with Crippen LogP contribution in [0.15, 0.2) is 24.3 Å². The number of benzene rings is 1. The van der Waals surface area contributed by atoms with Crippen LogP contribution < -0.4 is 0 Å². The summed E-state index contributed by atoms with van der Waals surface area (Å²) in [6.45, 7) is 3.73. The highest BCUT2D eigenvalue weighted by atomic mass is 16.7. The van der Waals surface area contributed by atoms with E-state index < -0.39 is 0 Å². The Morgan fingerprint density at radius 3 is 3.06 bits per heavy atom. The third kappa shape index (κ3) is 3.62. The Morgan fingerprint density at radius 1 is 1.38 bits per heavy atom. The normalized spacial score (nSPS) is 20.9. The summed E-state index contributed by atoms with van der Waals surface area (Å²) < 4.78 is 11.2. The molecule has 1 aromatic rings. The quantitative estimate of drug-likeness (QED) is 0.776. The van der Waals surface area contributed by atoms with E-state index in [1.54, 1.807) is 0 Å². The zero-order valence-corrected chi connectivity index (χ0v) is 9.95. The minimum atomic E-state index is 0.0403. The van der Waals surface area contributed by atoms with E-state index in [0.717, 1.165) is 26.1 Å². The first kappa shape index (κ1) is 11.6. The highest BCUT2D eigenvalue weighted by Crippen LogP contribution is 2.14. The second kappa shape index (κ2) is 6.02. The monoisotopic (exact) mass is 220 g/mol. The molecule has 0 aliphatic carbocycles. The van der Waals surface area contributed by atoms with Crippen molar-refractivity contribution in [3.8, 4) is 0 Å². The average molecular weight is 220 g/mol. The molecule has 88 valence electrons. The Bertz CT molecular complexity index is 316. The topological polar surface area (TPSA) is 18.5 Å². The molecular formula is C14H20O2. The molecule has 0 radical (unpaired) electrons. The minimum Gasteiger partial charge on any atom is -0.353 e. The molecule has 1 aromatic carbocycles. The number of hydrogen-bond acceptors (Lipinski definition) is 2. The summed E-state index contributed by atoms with van der Waals surface area (Å²) in [7, 11) is 0. The van der Waals surface area contributed by atoms with Crippen molar-refractivity contribution in [3.05, 3.63) is 35.4 Å². The second-order valence-corrected chi connectivity index (χ2v) is 4.41. The van der Waals surface area contributed by atoms with E-state index in [2.05, 4.69) is 31.2 Å². The van der Waals surface area contributed by atoms with Crippen molar-refractivity contribution >= 4 is 0 Å². The van der Waals surface area contributed by atoms with E-state index in [9.17, 15) is 0 Å². The molecule has 1 heterocycles. The molecule has 0 aromatic heterocycles. The summed E-state index contributed by atoms with van der Waals surface area (Å²) in [5, 5.41) is 0. The molecule has 2 nitrogen and oxygen atoms in total. The summed E-state index contributed by atoms with van der Waals surface area (Å²) in [5.41, 5.74) is 2.65. The van der Waals surface area contributed by atoms with Crippen molar-refractivity contribution in [1.82, 2.24) is 0 Å². The zero-order valence-electron chi connectivity index (χ0n) is 9.95. The number of aryl methyl sites for hydroxylation is 1. The molecule has 1 aliphatic rings. The Balaban J connectivity index is 1.71. The standard InChI is InChI=1S/C14H20O2/c1-12-5-4-6-13(11-12)8-10-16-14-7-2-3-9-15-14/h4-6,11,14H,2-3,7-10H2,1H3. The van der Waals surface area contributed by atoms with Crippen molar-refractivity contribution in [2.24, 2.45) is 0 Å².